The number of nitrogens with zero attached hydrogens (tertiary/aromatic N) is 4. The number of para-hydroxylation sites is 2. The molecule has 0 aliphatic carbocycles. The molecule has 0 spiro atoms. The summed E-state index contributed by atoms with van der Waals surface area (Å²) in [7, 11) is 0. The third-order valence-electron chi connectivity index (χ3n) is 15.5. The Balaban J connectivity index is 1.13. The molecule has 4 heteroatoms. The van der Waals surface area contributed by atoms with Gasteiger partial charge in [-0.25, -0.2) is 0 Å². The summed E-state index contributed by atoms with van der Waals surface area (Å²) >= 11 is 0. The number of hydrogen-bond acceptors (Lipinski definition) is 2. The Labute approximate surface area is 410 Å². The zero-order valence-corrected chi connectivity index (χ0v) is 41.4. The second-order valence-electron chi connectivity index (χ2n) is 21.0. The molecule has 0 unspecified atom stereocenters. The van der Waals surface area contributed by atoms with Crippen molar-refractivity contribution in [1.82, 2.24) is 8.80 Å². The normalized spacial score (nSPS) is 12.5. The van der Waals surface area contributed by atoms with Crippen LogP contribution >= 0.6 is 0 Å². The van der Waals surface area contributed by atoms with Gasteiger partial charge in [0.15, 0.2) is 0 Å². The van der Waals surface area contributed by atoms with E-state index >= 15 is 0 Å². The maximum Gasteiger partial charge on any atom is 0.0641 e. The lowest BCUT2D eigenvalue weighted by Gasteiger charge is -2.27. The van der Waals surface area contributed by atoms with Gasteiger partial charge in [-0.05, 0) is 131 Å². The molecule has 0 aliphatic rings. The first-order valence-corrected chi connectivity index (χ1v) is 25.4. The van der Waals surface area contributed by atoms with Crippen molar-refractivity contribution in [2.75, 3.05) is 9.80 Å². The molecule has 70 heavy (non-hydrogen) atoms. The highest BCUT2D eigenvalue weighted by Crippen LogP contribution is 2.52. The molecule has 4 nitrogen and oxygen atoms in total. The van der Waals surface area contributed by atoms with Crippen molar-refractivity contribution in [3.63, 3.8) is 0 Å². The Kier molecular flexibility index (Phi) is 9.59. The minimum absolute atomic E-state index is 0.389. The van der Waals surface area contributed by atoms with E-state index in [1.807, 2.05) is 0 Å². The number of benzene rings is 9. The Morgan fingerprint density at radius 3 is 0.957 bits per heavy atom. The van der Waals surface area contributed by atoms with Crippen LogP contribution in [0, 0.1) is 0 Å². The number of aromatic nitrogens is 2. The van der Waals surface area contributed by atoms with Crippen molar-refractivity contribution in [1.29, 1.82) is 0 Å². The van der Waals surface area contributed by atoms with E-state index < -0.39 is 0 Å². The fourth-order valence-corrected chi connectivity index (χ4v) is 11.7. The highest BCUT2D eigenvalue weighted by Gasteiger charge is 2.28. The SMILES string of the molecule is CC(C)c1ccc(N(c2ccccc2)c2ccc3c4cc5c(cc4n4c6cc(C(C)C)ccc6c2c34)c2ccc(N(c3ccccc3)c3ccc(C(C)C)cc3)c3c4ccc(C(C)C)cc4n5c23)cc1. The van der Waals surface area contributed by atoms with Crippen LogP contribution in [0.3, 0.4) is 0 Å². The second-order valence-corrected chi connectivity index (χ2v) is 21.0. The van der Waals surface area contributed by atoms with Gasteiger partial charge in [-0.1, -0.05) is 152 Å². The number of hydrogen-bond donors (Lipinski definition) is 0. The molecule has 0 N–H and O–H groups in total. The molecule has 0 atom stereocenters. The molecule has 13 aromatic rings. The predicted molar refractivity (Wildman–Crippen MR) is 301 cm³/mol. The Morgan fingerprint density at radius 1 is 0.286 bits per heavy atom. The summed E-state index contributed by atoms with van der Waals surface area (Å²) in [6.45, 7) is 18.3. The molecule has 4 aromatic heterocycles. The molecule has 9 aromatic carbocycles. The molecule has 0 amide bonds. The third kappa shape index (κ3) is 6.21. The van der Waals surface area contributed by atoms with Gasteiger partial charge in [0.1, 0.15) is 0 Å². The molecule has 13 rings (SSSR count). The van der Waals surface area contributed by atoms with E-state index in [4.69, 9.17) is 0 Å². The van der Waals surface area contributed by atoms with Crippen molar-refractivity contribution in [3.8, 4) is 0 Å². The van der Waals surface area contributed by atoms with Crippen molar-refractivity contribution < 1.29 is 0 Å². The Bertz CT molecular complexity index is 3830. The van der Waals surface area contributed by atoms with Crippen molar-refractivity contribution in [2.24, 2.45) is 0 Å². The average molecular weight is 907 g/mol. The van der Waals surface area contributed by atoms with Crippen LogP contribution in [-0.4, -0.2) is 8.80 Å². The highest BCUT2D eigenvalue weighted by molar-refractivity contribution is 6.32. The molecule has 0 radical (unpaired) electrons. The third-order valence-corrected chi connectivity index (χ3v) is 15.5. The first-order valence-electron chi connectivity index (χ1n) is 25.4. The molecular weight excluding hydrogens is 849 g/mol. The minimum atomic E-state index is 0.389. The van der Waals surface area contributed by atoms with E-state index in [2.05, 4.69) is 256 Å². The zero-order chi connectivity index (χ0) is 47.7. The first-order chi connectivity index (χ1) is 34.0. The quantitative estimate of drug-likeness (QED) is 0.136. The van der Waals surface area contributed by atoms with Gasteiger partial charge in [0, 0.05) is 65.8 Å². The molecule has 0 bridgehead atoms. The Hall–Kier alpha value is -7.82. The van der Waals surface area contributed by atoms with Gasteiger partial charge in [0.05, 0.1) is 44.5 Å². The lowest BCUT2D eigenvalue weighted by Crippen LogP contribution is -2.10. The fraction of sp³-hybridized carbons (Fsp3) is 0.182. The van der Waals surface area contributed by atoms with Gasteiger partial charge in [0.25, 0.3) is 0 Å². The van der Waals surface area contributed by atoms with Crippen LogP contribution in [-0.2, 0) is 0 Å². The maximum atomic E-state index is 2.60. The van der Waals surface area contributed by atoms with E-state index in [1.165, 1.54) is 110 Å². The second kappa shape index (κ2) is 15.9. The van der Waals surface area contributed by atoms with Gasteiger partial charge in [-0.3, -0.25) is 0 Å². The van der Waals surface area contributed by atoms with Crippen LogP contribution in [0.25, 0.3) is 76.2 Å². The number of fused-ring (bicyclic) bond motifs is 12. The van der Waals surface area contributed by atoms with Crippen molar-refractivity contribution in [2.45, 2.75) is 79.1 Å². The van der Waals surface area contributed by atoms with Crippen LogP contribution in [0.5, 0.6) is 0 Å². The molecule has 0 saturated heterocycles. The summed E-state index contributed by atoms with van der Waals surface area (Å²) in [4.78, 5) is 4.93. The molecule has 0 fully saturated rings. The Morgan fingerprint density at radius 2 is 0.600 bits per heavy atom. The predicted octanol–water partition coefficient (Wildman–Crippen LogP) is 19.4. The van der Waals surface area contributed by atoms with Crippen molar-refractivity contribution in [3.05, 3.63) is 204 Å². The molecule has 0 saturated carbocycles. The number of rotatable bonds is 10. The lowest BCUT2D eigenvalue weighted by molar-refractivity contribution is 0.866. The van der Waals surface area contributed by atoms with Gasteiger partial charge >= 0.3 is 0 Å². The standard InChI is InChI=1S/C66H58N4/c1-39(2)43-19-25-49(26-20-43)67(47-15-11-9-12-16-47)57-33-31-51-55-37-62-56(38-61(55)69-59-35-45(41(5)6)23-29-53(59)63(57)65(51)69)52-32-34-58(64-54-30-24-46(42(7)8)36-60(54)70(62)66(52)64)68(48-17-13-10-14-18-48)50-27-21-44(22-28-50)40(3)4/h9-42H,1-8H3. The van der Waals surface area contributed by atoms with E-state index in [9.17, 15) is 0 Å². The molecule has 4 heterocycles. The topological polar surface area (TPSA) is 15.3 Å². The van der Waals surface area contributed by atoms with Gasteiger partial charge in [-0.2, -0.15) is 0 Å². The zero-order valence-electron chi connectivity index (χ0n) is 41.4. The minimum Gasteiger partial charge on any atom is -0.310 e. The molecule has 342 valence electrons. The summed E-state index contributed by atoms with van der Waals surface area (Å²) in [6.07, 6.45) is 0. The lowest BCUT2D eigenvalue weighted by atomic mass is 9.98. The number of anilines is 6. The highest BCUT2D eigenvalue weighted by atomic mass is 15.2. The van der Waals surface area contributed by atoms with E-state index in [1.54, 1.807) is 0 Å². The summed E-state index contributed by atoms with van der Waals surface area (Å²) in [6, 6.07) is 69.2. The van der Waals surface area contributed by atoms with Crippen LogP contribution in [0.4, 0.5) is 34.1 Å². The largest absolute Gasteiger partial charge is 0.310 e. The molecular formula is C66H58N4. The average Bonchev–Trinajstić information content (AvgIpc) is 4.10. The van der Waals surface area contributed by atoms with Gasteiger partial charge in [-0.15, -0.1) is 0 Å². The van der Waals surface area contributed by atoms with Gasteiger partial charge in [0.2, 0.25) is 0 Å². The van der Waals surface area contributed by atoms with Gasteiger partial charge < -0.3 is 18.6 Å². The van der Waals surface area contributed by atoms with Crippen LogP contribution in [0.15, 0.2) is 182 Å². The van der Waals surface area contributed by atoms with Crippen molar-refractivity contribution >= 4 is 110 Å². The summed E-state index contributed by atoms with van der Waals surface area (Å²) in [5, 5.41) is 10.2. The van der Waals surface area contributed by atoms with E-state index in [0.717, 1.165) is 22.7 Å². The maximum absolute atomic E-state index is 2.60. The smallest absolute Gasteiger partial charge is 0.0641 e. The van der Waals surface area contributed by atoms with E-state index in [-0.39, 0.29) is 0 Å². The van der Waals surface area contributed by atoms with Crippen LogP contribution in [0.2, 0.25) is 0 Å². The monoisotopic (exact) mass is 906 g/mol. The summed E-state index contributed by atoms with van der Waals surface area (Å²) < 4.78 is 5.20. The fourth-order valence-electron chi connectivity index (χ4n) is 11.7. The molecule has 0 aliphatic heterocycles. The van der Waals surface area contributed by atoms with E-state index in [0.29, 0.717) is 23.7 Å². The summed E-state index contributed by atoms with van der Waals surface area (Å²) in [5.41, 5.74) is 19.9. The van der Waals surface area contributed by atoms with Crippen LogP contribution in [0.1, 0.15) is 101 Å². The first kappa shape index (κ1) is 42.3. The summed E-state index contributed by atoms with van der Waals surface area (Å²) in [5.74, 6) is 1.69. The van der Waals surface area contributed by atoms with Crippen LogP contribution < -0.4 is 9.80 Å².